The topological polar surface area (TPSA) is 102 Å². The fraction of sp³-hybridized carbons (Fsp3) is 0.160. The molecule has 0 radical (unpaired) electrons. The van der Waals surface area contributed by atoms with E-state index in [4.69, 9.17) is 0 Å². The van der Waals surface area contributed by atoms with Gasteiger partial charge in [-0.1, -0.05) is 36.4 Å². The number of aromatic nitrogens is 1. The van der Waals surface area contributed by atoms with Gasteiger partial charge in [0.1, 0.15) is 11.9 Å². The lowest BCUT2D eigenvalue weighted by molar-refractivity contribution is -0.139. The molecule has 7 nitrogen and oxygen atoms in total. The number of rotatable bonds is 5. The van der Waals surface area contributed by atoms with Crippen LogP contribution in [0.2, 0.25) is 0 Å². The summed E-state index contributed by atoms with van der Waals surface area (Å²) in [5, 5.41) is 13.2. The van der Waals surface area contributed by atoms with Crippen LogP contribution < -0.4 is 9.62 Å². The minimum atomic E-state index is -3.73. The quantitative estimate of drug-likeness (QED) is 0.404. The van der Waals surface area contributed by atoms with Crippen molar-refractivity contribution in [1.82, 2.24) is 10.3 Å². The highest BCUT2D eigenvalue weighted by molar-refractivity contribution is 7.92. The minimum absolute atomic E-state index is 0.151. The predicted molar refractivity (Wildman–Crippen MR) is 127 cm³/mol. The van der Waals surface area contributed by atoms with Gasteiger partial charge in [-0.25, -0.2) is 12.8 Å². The number of aromatic amines is 1. The largest absolute Gasteiger partial charge is 0.480 e. The van der Waals surface area contributed by atoms with Crippen LogP contribution in [0.15, 0.2) is 77.7 Å². The SMILES string of the molecule is CN(c1ccc(C2NC(C(=O)O)Cc3c2[nH]c2cccc(F)c32)cc1)S(=O)(=O)c1ccccc1. The molecule has 1 aliphatic rings. The summed E-state index contributed by atoms with van der Waals surface area (Å²) >= 11 is 0. The van der Waals surface area contributed by atoms with E-state index in [2.05, 4.69) is 10.3 Å². The molecule has 174 valence electrons. The number of hydrogen-bond donors (Lipinski definition) is 3. The van der Waals surface area contributed by atoms with E-state index < -0.39 is 33.9 Å². The van der Waals surface area contributed by atoms with Crippen LogP contribution in [-0.4, -0.2) is 37.6 Å². The molecule has 4 aromatic rings. The van der Waals surface area contributed by atoms with E-state index in [9.17, 15) is 22.7 Å². The van der Waals surface area contributed by atoms with E-state index in [1.54, 1.807) is 54.6 Å². The lowest BCUT2D eigenvalue weighted by atomic mass is 9.90. The van der Waals surface area contributed by atoms with E-state index in [1.807, 2.05) is 0 Å². The molecule has 0 fully saturated rings. The summed E-state index contributed by atoms with van der Waals surface area (Å²) in [5.41, 5.74) is 3.13. The number of hydrogen-bond acceptors (Lipinski definition) is 4. The van der Waals surface area contributed by atoms with Gasteiger partial charge < -0.3 is 10.1 Å². The molecule has 2 atom stereocenters. The zero-order valence-electron chi connectivity index (χ0n) is 18.2. The molecule has 2 heterocycles. The first-order valence-corrected chi connectivity index (χ1v) is 12.1. The summed E-state index contributed by atoms with van der Waals surface area (Å²) in [4.78, 5) is 15.3. The number of halogens is 1. The van der Waals surface area contributed by atoms with E-state index in [0.717, 1.165) is 5.56 Å². The number of benzene rings is 3. The minimum Gasteiger partial charge on any atom is -0.480 e. The Morgan fingerprint density at radius 3 is 2.41 bits per heavy atom. The number of fused-ring (bicyclic) bond motifs is 3. The van der Waals surface area contributed by atoms with Crippen LogP contribution in [0.5, 0.6) is 0 Å². The second-order valence-electron chi connectivity index (χ2n) is 8.25. The maximum atomic E-state index is 14.6. The number of sulfonamides is 1. The van der Waals surface area contributed by atoms with Crippen molar-refractivity contribution in [2.24, 2.45) is 0 Å². The number of carboxylic acid groups (broad SMARTS) is 1. The molecule has 5 rings (SSSR count). The van der Waals surface area contributed by atoms with Gasteiger partial charge in [0.25, 0.3) is 10.0 Å². The second kappa shape index (κ2) is 8.27. The van der Waals surface area contributed by atoms with Gasteiger partial charge in [-0.2, -0.15) is 0 Å². The number of H-pyrrole nitrogens is 1. The van der Waals surface area contributed by atoms with E-state index in [-0.39, 0.29) is 11.3 Å². The van der Waals surface area contributed by atoms with Crippen molar-refractivity contribution < 1.29 is 22.7 Å². The van der Waals surface area contributed by atoms with Crippen LogP contribution in [0, 0.1) is 5.82 Å². The lowest BCUT2D eigenvalue weighted by Gasteiger charge is -2.30. The standard InChI is InChI=1S/C25H22FN3O4S/c1-29(34(32,33)17-6-3-2-4-7-17)16-12-10-15(11-13-16)23-24-18(14-21(28-23)25(30)31)22-19(26)8-5-9-20(22)27-24/h2-13,21,23,27-28H,14H2,1H3,(H,30,31). The number of nitrogens with one attached hydrogen (secondary N) is 2. The Bertz CT molecular complexity index is 1480. The second-order valence-corrected chi connectivity index (χ2v) is 10.2. The molecular formula is C25H22FN3O4S. The average molecular weight is 480 g/mol. The van der Waals surface area contributed by atoms with Gasteiger partial charge in [0.2, 0.25) is 0 Å². The maximum Gasteiger partial charge on any atom is 0.321 e. The molecule has 0 aliphatic carbocycles. The fourth-order valence-corrected chi connectivity index (χ4v) is 5.70. The predicted octanol–water partition coefficient (Wildman–Crippen LogP) is 3.82. The molecule has 3 N–H and O–H groups in total. The van der Waals surface area contributed by atoms with Crippen LogP contribution in [0.25, 0.3) is 10.9 Å². The molecule has 34 heavy (non-hydrogen) atoms. The first-order valence-electron chi connectivity index (χ1n) is 10.7. The van der Waals surface area contributed by atoms with Crippen LogP contribution in [0.1, 0.15) is 22.9 Å². The van der Waals surface area contributed by atoms with E-state index >= 15 is 0 Å². The summed E-state index contributed by atoms with van der Waals surface area (Å²) in [6.07, 6.45) is 0.151. The maximum absolute atomic E-state index is 14.6. The first kappa shape index (κ1) is 22.1. The summed E-state index contributed by atoms with van der Waals surface area (Å²) in [6, 6.07) is 18.3. The Balaban J connectivity index is 1.53. The number of aliphatic carboxylic acids is 1. The normalized spacial score (nSPS) is 17.9. The van der Waals surface area contributed by atoms with Gasteiger partial charge in [-0.05, 0) is 47.5 Å². The molecule has 0 saturated carbocycles. The van der Waals surface area contributed by atoms with Crippen LogP contribution in [-0.2, 0) is 21.2 Å². The van der Waals surface area contributed by atoms with E-state index in [1.165, 1.54) is 29.6 Å². The van der Waals surface area contributed by atoms with Gasteiger partial charge in [0, 0.05) is 30.1 Å². The van der Waals surface area contributed by atoms with Gasteiger partial charge in [-0.3, -0.25) is 14.4 Å². The Labute approximate surface area is 195 Å². The van der Waals surface area contributed by atoms with Crippen LogP contribution in [0.3, 0.4) is 0 Å². The molecule has 1 aromatic heterocycles. The molecule has 0 spiro atoms. The summed E-state index contributed by atoms with van der Waals surface area (Å²) in [6.45, 7) is 0. The van der Waals surface area contributed by atoms with Crippen molar-refractivity contribution in [1.29, 1.82) is 0 Å². The number of anilines is 1. The van der Waals surface area contributed by atoms with Crippen molar-refractivity contribution in [3.63, 3.8) is 0 Å². The Kier molecular flexibility index (Phi) is 5.38. The van der Waals surface area contributed by atoms with Crippen LogP contribution in [0.4, 0.5) is 10.1 Å². The number of nitrogens with zero attached hydrogens (tertiary/aromatic N) is 1. The van der Waals surface area contributed by atoms with Gasteiger partial charge >= 0.3 is 5.97 Å². The van der Waals surface area contributed by atoms with Gasteiger partial charge in [0.05, 0.1) is 16.6 Å². The number of carbonyl (C=O) groups is 1. The highest BCUT2D eigenvalue weighted by atomic mass is 32.2. The smallest absolute Gasteiger partial charge is 0.321 e. The summed E-state index contributed by atoms with van der Waals surface area (Å²) < 4.78 is 41.7. The molecule has 3 aromatic carbocycles. The number of carboxylic acids is 1. The molecule has 2 unspecified atom stereocenters. The van der Waals surface area contributed by atoms with Crippen molar-refractivity contribution in [3.05, 3.63) is 95.4 Å². The van der Waals surface area contributed by atoms with Crippen molar-refractivity contribution in [3.8, 4) is 0 Å². The van der Waals surface area contributed by atoms with Gasteiger partial charge in [-0.15, -0.1) is 0 Å². The molecular weight excluding hydrogens is 457 g/mol. The molecule has 9 heteroatoms. The van der Waals surface area contributed by atoms with Gasteiger partial charge in [0.15, 0.2) is 0 Å². The summed E-state index contributed by atoms with van der Waals surface area (Å²) in [7, 11) is -2.25. The van der Waals surface area contributed by atoms with Crippen molar-refractivity contribution in [2.75, 3.05) is 11.4 Å². The Morgan fingerprint density at radius 1 is 1.03 bits per heavy atom. The average Bonchev–Trinajstić information content (AvgIpc) is 3.23. The zero-order valence-corrected chi connectivity index (χ0v) is 19.0. The first-order chi connectivity index (χ1) is 16.3. The van der Waals surface area contributed by atoms with Crippen molar-refractivity contribution in [2.45, 2.75) is 23.4 Å². The Hall–Kier alpha value is -3.69. The zero-order chi connectivity index (χ0) is 24.0. The fourth-order valence-electron chi connectivity index (χ4n) is 4.48. The highest BCUT2D eigenvalue weighted by Gasteiger charge is 2.34. The van der Waals surface area contributed by atoms with Crippen LogP contribution >= 0.6 is 0 Å². The highest BCUT2D eigenvalue weighted by Crippen LogP contribution is 2.37. The third-order valence-electron chi connectivity index (χ3n) is 6.26. The monoisotopic (exact) mass is 479 g/mol. The third-order valence-corrected chi connectivity index (χ3v) is 8.06. The molecule has 0 saturated heterocycles. The molecule has 1 aliphatic heterocycles. The van der Waals surface area contributed by atoms with Crippen molar-refractivity contribution >= 4 is 32.6 Å². The molecule has 0 amide bonds. The molecule has 0 bridgehead atoms. The van der Waals surface area contributed by atoms with E-state index in [0.29, 0.717) is 27.8 Å². The Morgan fingerprint density at radius 2 is 1.74 bits per heavy atom. The third kappa shape index (κ3) is 3.63. The summed E-state index contributed by atoms with van der Waals surface area (Å²) in [5.74, 6) is -1.42. The lowest BCUT2D eigenvalue weighted by Crippen LogP contribution is -2.45.